The minimum atomic E-state index is -3.60. The molecule has 1 aliphatic heterocycles. The minimum absolute atomic E-state index is 0.0708. The number of nitrogens with one attached hydrogen (secondary N) is 1. The molecule has 2 heterocycles. The molecule has 1 amide bonds. The molecular weight excluding hydrogens is 368 g/mol. The van der Waals surface area contributed by atoms with Crippen molar-refractivity contribution in [2.45, 2.75) is 31.1 Å². The van der Waals surface area contributed by atoms with Gasteiger partial charge in [-0.25, -0.2) is 8.42 Å². The Morgan fingerprint density at radius 2 is 1.89 bits per heavy atom. The molecule has 1 aromatic heterocycles. The summed E-state index contributed by atoms with van der Waals surface area (Å²) in [6.07, 6.45) is 2.77. The summed E-state index contributed by atoms with van der Waals surface area (Å²) < 4.78 is 32.4. The maximum Gasteiger partial charge on any atom is 0.294 e. The highest BCUT2D eigenvalue weighted by Crippen LogP contribution is 2.30. The van der Waals surface area contributed by atoms with Crippen LogP contribution in [0, 0.1) is 6.92 Å². The summed E-state index contributed by atoms with van der Waals surface area (Å²) in [7, 11) is 0.0481. The fourth-order valence-electron chi connectivity index (χ4n) is 3.07. The number of aryl methyl sites for hydroxylation is 1. The third-order valence-electron chi connectivity index (χ3n) is 4.50. The van der Waals surface area contributed by atoms with Crippen LogP contribution in [0.1, 0.15) is 35.5 Å². The predicted octanol–water partition coefficient (Wildman–Crippen LogP) is 2.48. The van der Waals surface area contributed by atoms with Gasteiger partial charge in [0.25, 0.3) is 5.91 Å². The summed E-state index contributed by atoms with van der Waals surface area (Å²) in [4.78, 5) is 14.4. The number of rotatable bonds is 5. The molecule has 146 valence electrons. The Labute approximate surface area is 159 Å². The van der Waals surface area contributed by atoms with Gasteiger partial charge >= 0.3 is 0 Å². The fraction of sp³-hybridized carbons (Fsp3) is 0.444. The van der Waals surface area contributed by atoms with E-state index in [9.17, 15) is 13.2 Å². The number of carbonyl (C=O) groups excluding carboxylic acids is 1. The highest BCUT2D eigenvalue weighted by molar-refractivity contribution is 7.89. The van der Waals surface area contributed by atoms with Crippen molar-refractivity contribution in [3.8, 4) is 0 Å². The van der Waals surface area contributed by atoms with Gasteiger partial charge in [0.05, 0.1) is 22.0 Å². The lowest BCUT2D eigenvalue weighted by Crippen LogP contribution is -2.35. The quantitative estimate of drug-likeness (QED) is 0.840. The summed E-state index contributed by atoms with van der Waals surface area (Å²) in [6, 6.07) is 6.30. The van der Waals surface area contributed by atoms with Gasteiger partial charge in [-0.15, -0.1) is 0 Å². The second-order valence-electron chi connectivity index (χ2n) is 6.82. The molecule has 0 atom stereocenters. The maximum absolute atomic E-state index is 13.0. The highest BCUT2D eigenvalue weighted by atomic mass is 32.2. The Morgan fingerprint density at radius 1 is 1.19 bits per heavy atom. The molecule has 0 bridgehead atoms. The molecule has 0 unspecified atom stereocenters. The Kier molecular flexibility index (Phi) is 5.52. The molecule has 3 rings (SSSR count). The van der Waals surface area contributed by atoms with E-state index >= 15 is 0 Å². The van der Waals surface area contributed by atoms with Gasteiger partial charge in [0.15, 0.2) is 0 Å². The van der Waals surface area contributed by atoms with Crippen LogP contribution in [0.25, 0.3) is 0 Å². The molecule has 1 fully saturated rings. The summed E-state index contributed by atoms with van der Waals surface area (Å²) in [5.41, 5.74) is 1.68. The van der Waals surface area contributed by atoms with Gasteiger partial charge in [-0.3, -0.25) is 4.79 Å². The Bertz CT molecular complexity index is 931. The number of nitrogens with zero attached hydrogens (tertiary/aromatic N) is 3. The van der Waals surface area contributed by atoms with Gasteiger partial charge in [0.1, 0.15) is 0 Å². The van der Waals surface area contributed by atoms with Gasteiger partial charge in [-0.05, 0) is 38.0 Å². The second-order valence-corrected chi connectivity index (χ2v) is 8.76. The van der Waals surface area contributed by atoms with Crippen molar-refractivity contribution in [3.05, 3.63) is 35.7 Å². The van der Waals surface area contributed by atoms with Crippen molar-refractivity contribution >= 4 is 27.3 Å². The van der Waals surface area contributed by atoms with E-state index in [0.29, 0.717) is 30.2 Å². The van der Waals surface area contributed by atoms with Gasteiger partial charge < -0.3 is 14.7 Å². The van der Waals surface area contributed by atoms with Crippen LogP contribution in [0.15, 0.2) is 33.7 Å². The lowest BCUT2D eigenvalue weighted by atomic mass is 10.2. The molecule has 0 saturated carbocycles. The molecule has 1 aromatic carbocycles. The van der Waals surface area contributed by atoms with Gasteiger partial charge in [-0.1, -0.05) is 11.6 Å². The number of hydrogen-bond donors (Lipinski definition) is 1. The Balaban J connectivity index is 1.94. The molecule has 2 aromatic rings. The lowest BCUT2D eigenvalue weighted by molar-refractivity contribution is 0.0988. The van der Waals surface area contributed by atoms with Gasteiger partial charge in [-0.2, -0.15) is 4.31 Å². The van der Waals surface area contributed by atoms with Crippen molar-refractivity contribution in [2.75, 3.05) is 37.4 Å². The number of hydrogen-bond acceptors (Lipinski definition) is 6. The number of carbonyl (C=O) groups is 1. The van der Waals surface area contributed by atoms with Crippen molar-refractivity contribution in [2.24, 2.45) is 0 Å². The average molecular weight is 392 g/mol. The van der Waals surface area contributed by atoms with E-state index in [1.54, 1.807) is 24.0 Å². The topological polar surface area (TPSA) is 95.8 Å². The molecular formula is C18H24N4O4S. The predicted molar refractivity (Wildman–Crippen MR) is 103 cm³/mol. The number of amides is 1. The monoisotopic (exact) mass is 392 g/mol. The number of sulfonamides is 1. The van der Waals surface area contributed by atoms with Crippen LogP contribution in [0.4, 0.5) is 11.4 Å². The van der Waals surface area contributed by atoms with E-state index in [2.05, 4.69) is 10.5 Å². The van der Waals surface area contributed by atoms with E-state index < -0.39 is 15.9 Å². The molecule has 0 spiro atoms. The Morgan fingerprint density at radius 3 is 2.48 bits per heavy atom. The number of aromatic nitrogens is 1. The van der Waals surface area contributed by atoms with Gasteiger partial charge in [0.2, 0.25) is 15.8 Å². The molecule has 1 aliphatic rings. The second kappa shape index (κ2) is 7.69. The van der Waals surface area contributed by atoms with Crippen LogP contribution in [-0.2, 0) is 10.0 Å². The highest BCUT2D eigenvalue weighted by Gasteiger charge is 2.27. The van der Waals surface area contributed by atoms with Crippen molar-refractivity contribution in [3.63, 3.8) is 0 Å². The smallest absolute Gasteiger partial charge is 0.294 e. The summed E-state index contributed by atoms with van der Waals surface area (Å²) in [6.45, 7) is 2.77. The molecule has 1 saturated heterocycles. The number of anilines is 2. The van der Waals surface area contributed by atoms with Crippen LogP contribution < -0.4 is 10.2 Å². The molecule has 0 aliphatic carbocycles. The third-order valence-corrected chi connectivity index (χ3v) is 6.40. The van der Waals surface area contributed by atoms with Crippen LogP contribution >= 0.6 is 0 Å². The largest absolute Gasteiger partial charge is 0.376 e. The molecule has 1 N–H and O–H groups in total. The normalized spacial score (nSPS) is 15.5. The lowest BCUT2D eigenvalue weighted by Gasteiger charge is -2.26. The van der Waals surface area contributed by atoms with Crippen molar-refractivity contribution in [1.29, 1.82) is 0 Å². The van der Waals surface area contributed by atoms with Crippen LogP contribution in [-0.4, -0.2) is 51.0 Å². The minimum Gasteiger partial charge on any atom is -0.376 e. The summed E-state index contributed by atoms with van der Waals surface area (Å²) in [5.74, 6) is -0.410. The zero-order chi connectivity index (χ0) is 19.6. The van der Waals surface area contributed by atoms with E-state index in [1.807, 2.05) is 14.1 Å². The molecule has 27 heavy (non-hydrogen) atoms. The SMILES string of the molecule is Cc1cc(C(=O)Nc2cc(S(=O)(=O)N3CCCCC3)ccc2N(C)C)on1. The maximum atomic E-state index is 13.0. The van der Waals surface area contributed by atoms with Crippen LogP contribution in [0.3, 0.4) is 0 Å². The summed E-state index contributed by atoms with van der Waals surface area (Å²) >= 11 is 0. The van der Waals surface area contributed by atoms with Crippen molar-refractivity contribution < 1.29 is 17.7 Å². The van der Waals surface area contributed by atoms with Crippen LogP contribution in [0.2, 0.25) is 0 Å². The zero-order valence-electron chi connectivity index (χ0n) is 15.7. The zero-order valence-corrected chi connectivity index (χ0v) is 16.5. The first-order chi connectivity index (χ1) is 12.8. The van der Waals surface area contributed by atoms with E-state index in [4.69, 9.17) is 4.52 Å². The Hall–Kier alpha value is -2.39. The fourth-order valence-corrected chi connectivity index (χ4v) is 4.62. The average Bonchev–Trinajstić information content (AvgIpc) is 3.08. The van der Waals surface area contributed by atoms with E-state index in [-0.39, 0.29) is 10.7 Å². The van der Waals surface area contributed by atoms with E-state index in [1.165, 1.54) is 16.4 Å². The van der Waals surface area contributed by atoms with Crippen LogP contribution in [0.5, 0.6) is 0 Å². The standard InChI is InChI=1S/C18H24N4O4S/c1-13-11-17(26-20-13)18(23)19-15-12-14(7-8-16(15)21(2)3)27(24,25)22-9-5-4-6-10-22/h7-8,11-12H,4-6,9-10H2,1-3H3,(H,19,23). The van der Waals surface area contributed by atoms with E-state index in [0.717, 1.165) is 19.3 Å². The number of benzene rings is 1. The molecule has 8 nitrogen and oxygen atoms in total. The van der Waals surface area contributed by atoms with Crippen molar-refractivity contribution in [1.82, 2.24) is 9.46 Å². The third kappa shape index (κ3) is 4.14. The number of piperidine rings is 1. The summed E-state index contributed by atoms with van der Waals surface area (Å²) in [5, 5.41) is 6.45. The molecule has 0 radical (unpaired) electrons. The first kappa shape index (κ1) is 19.4. The van der Waals surface area contributed by atoms with Gasteiger partial charge in [0, 0.05) is 33.3 Å². The first-order valence-electron chi connectivity index (χ1n) is 8.85. The first-order valence-corrected chi connectivity index (χ1v) is 10.3. The molecule has 9 heteroatoms.